The third-order valence-electron chi connectivity index (χ3n) is 2.34. The minimum atomic E-state index is -0.973. The zero-order valence-electron chi connectivity index (χ0n) is 10.6. The van der Waals surface area contributed by atoms with Crippen LogP contribution in [0.5, 0.6) is 0 Å². The summed E-state index contributed by atoms with van der Waals surface area (Å²) in [5.74, 6) is -0.973. The lowest BCUT2D eigenvalue weighted by atomic mass is 10.2. The second-order valence-electron chi connectivity index (χ2n) is 3.86. The number of aromatic carboxylic acids is 1. The first-order valence-electron chi connectivity index (χ1n) is 6.07. The van der Waals surface area contributed by atoms with Gasteiger partial charge in [-0.15, -0.1) is 0 Å². The fourth-order valence-corrected chi connectivity index (χ4v) is 1.28. The maximum absolute atomic E-state index is 10.6. The van der Waals surface area contributed by atoms with E-state index in [1.807, 2.05) is 0 Å². The summed E-state index contributed by atoms with van der Waals surface area (Å²) in [6.45, 7) is 4.36. The molecular weight excluding hydrogens is 234 g/mol. The van der Waals surface area contributed by atoms with Gasteiger partial charge in [0.2, 0.25) is 0 Å². The van der Waals surface area contributed by atoms with Crippen molar-refractivity contribution < 1.29 is 19.4 Å². The molecule has 1 aromatic heterocycles. The molecule has 1 N–H and O–H groups in total. The van der Waals surface area contributed by atoms with E-state index >= 15 is 0 Å². The highest BCUT2D eigenvalue weighted by atomic mass is 16.5. The second-order valence-corrected chi connectivity index (χ2v) is 3.86. The SMILES string of the molecule is CCCCOCCOCc1ccc(C(=O)O)cn1. The van der Waals surface area contributed by atoms with Crippen LogP contribution in [0.15, 0.2) is 18.3 Å². The van der Waals surface area contributed by atoms with Crippen LogP contribution in [0.4, 0.5) is 0 Å². The molecule has 0 aromatic carbocycles. The number of ether oxygens (including phenoxy) is 2. The van der Waals surface area contributed by atoms with E-state index in [-0.39, 0.29) is 5.56 Å². The third-order valence-corrected chi connectivity index (χ3v) is 2.34. The molecule has 5 heteroatoms. The van der Waals surface area contributed by atoms with Gasteiger partial charge in [0.15, 0.2) is 0 Å². The Morgan fingerprint density at radius 1 is 1.28 bits per heavy atom. The van der Waals surface area contributed by atoms with E-state index in [0.717, 1.165) is 19.4 Å². The van der Waals surface area contributed by atoms with Crippen LogP contribution in [-0.4, -0.2) is 35.9 Å². The van der Waals surface area contributed by atoms with E-state index in [2.05, 4.69) is 11.9 Å². The fraction of sp³-hybridized carbons (Fsp3) is 0.538. The molecule has 0 amide bonds. The first-order valence-corrected chi connectivity index (χ1v) is 6.07. The molecule has 0 unspecified atom stereocenters. The number of unbranched alkanes of at least 4 members (excludes halogenated alkanes) is 1. The number of aromatic nitrogens is 1. The Morgan fingerprint density at radius 3 is 2.67 bits per heavy atom. The molecule has 5 nitrogen and oxygen atoms in total. The smallest absolute Gasteiger partial charge is 0.337 e. The van der Waals surface area contributed by atoms with Crippen LogP contribution in [-0.2, 0) is 16.1 Å². The minimum absolute atomic E-state index is 0.182. The van der Waals surface area contributed by atoms with Crippen LogP contribution in [0, 0.1) is 0 Å². The fourth-order valence-electron chi connectivity index (χ4n) is 1.28. The number of pyridine rings is 1. The predicted molar refractivity (Wildman–Crippen MR) is 66.6 cm³/mol. The number of hydrogen-bond donors (Lipinski definition) is 1. The second kappa shape index (κ2) is 8.60. The monoisotopic (exact) mass is 253 g/mol. The van der Waals surface area contributed by atoms with Gasteiger partial charge < -0.3 is 14.6 Å². The van der Waals surface area contributed by atoms with Crippen LogP contribution in [0.2, 0.25) is 0 Å². The van der Waals surface area contributed by atoms with Crippen molar-refractivity contribution in [1.82, 2.24) is 4.98 Å². The largest absolute Gasteiger partial charge is 0.478 e. The normalized spacial score (nSPS) is 10.5. The molecular formula is C13H19NO4. The molecule has 0 atom stereocenters. The minimum Gasteiger partial charge on any atom is -0.478 e. The molecule has 0 bridgehead atoms. The summed E-state index contributed by atoms with van der Waals surface area (Å²) in [6.07, 6.45) is 3.53. The Labute approximate surface area is 107 Å². The van der Waals surface area contributed by atoms with Crippen molar-refractivity contribution in [3.63, 3.8) is 0 Å². The number of rotatable bonds is 9. The maximum Gasteiger partial charge on any atom is 0.337 e. The molecule has 0 aliphatic carbocycles. The van der Waals surface area contributed by atoms with Crippen molar-refractivity contribution in [2.45, 2.75) is 26.4 Å². The summed E-state index contributed by atoms with van der Waals surface area (Å²) in [6, 6.07) is 3.17. The standard InChI is InChI=1S/C13H19NO4/c1-2-3-6-17-7-8-18-10-12-5-4-11(9-14-12)13(15)16/h4-5,9H,2-3,6-8,10H2,1H3,(H,15,16). The third kappa shape index (κ3) is 5.75. The lowest BCUT2D eigenvalue weighted by Gasteiger charge is -2.05. The number of nitrogens with zero attached hydrogens (tertiary/aromatic N) is 1. The van der Waals surface area contributed by atoms with Gasteiger partial charge in [-0.05, 0) is 18.6 Å². The van der Waals surface area contributed by atoms with Gasteiger partial charge in [-0.3, -0.25) is 4.98 Å². The van der Waals surface area contributed by atoms with Crippen molar-refractivity contribution in [3.8, 4) is 0 Å². The van der Waals surface area contributed by atoms with Crippen LogP contribution in [0.1, 0.15) is 35.8 Å². The highest BCUT2D eigenvalue weighted by Crippen LogP contribution is 2.01. The summed E-state index contributed by atoms with van der Waals surface area (Å²) in [4.78, 5) is 14.6. The average molecular weight is 253 g/mol. The van der Waals surface area contributed by atoms with E-state index in [0.29, 0.717) is 25.5 Å². The van der Waals surface area contributed by atoms with Gasteiger partial charge in [0.1, 0.15) is 0 Å². The van der Waals surface area contributed by atoms with Gasteiger partial charge in [-0.2, -0.15) is 0 Å². The topological polar surface area (TPSA) is 68.7 Å². The van der Waals surface area contributed by atoms with Crippen LogP contribution < -0.4 is 0 Å². The molecule has 0 radical (unpaired) electrons. The maximum atomic E-state index is 10.6. The van der Waals surface area contributed by atoms with Crippen LogP contribution in [0.3, 0.4) is 0 Å². The molecule has 1 aromatic rings. The van der Waals surface area contributed by atoms with Gasteiger partial charge in [0.05, 0.1) is 31.1 Å². The molecule has 0 spiro atoms. The average Bonchev–Trinajstić information content (AvgIpc) is 2.38. The summed E-state index contributed by atoms with van der Waals surface area (Å²) >= 11 is 0. The van der Waals surface area contributed by atoms with Crippen molar-refractivity contribution in [2.24, 2.45) is 0 Å². The first kappa shape index (κ1) is 14.6. The Kier molecular flexibility index (Phi) is 6.98. The van der Waals surface area contributed by atoms with Gasteiger partial charge in [-0.1, -0.05) is 13.3 Å². The van der Waals surface area contributed by atoms with Gasteiger partial charge in [0.25, 0.3) is 0 Å². The van der Waals surface area contributed by atoms with E-state index in [9.17, 15) is 4.79 Å². The van der Waals surface area contributed by atoms with E-state index in [4.69, 9.17) is 14.6 Å². The Bertz CT molecular complexity index is 351. The summed E-state index contributed by atoms with van der Waals surface area (Å²) in [7, 11) is 0. The predicted octanol–water partition coefficient (Wildman–Crippen LogP) is 2.11. The quantitative estimate of drug-likeness (QED) is 0.683. The first-order chi connectivity index (χ1) is 8.74. The van der Waals surface area contributed by atoms with Crippen molar-refractivity contribution in [3.05, 3.63) is 29.6 Å². The highest BCUT2D eigenvalue weighted by Gasteiger charge is 2.02. The lowest BCUT2D eigenvalue weighted by molar-refractivity contribution is 0.0386. The molecule has 0 saturated heterocycles. The molecule has 1 rings (SSSR count). The zero-order valence-corrected chi connectivity index (χ0v) is 10.6. The molecule has 100 valence electrons. The van der Waals surface area contributed by atoms with Crippen molar-refractivity contribution >= 4 is 5.97 Å². The molecule has 0 aliphatic heterocycles. The summed E-state index contributed by atoms with van der Waals surface area (Å²) in [5.41, 5.74) is 0.898. The van der Waals surface area contributed by atoms with Crippen molar-refractivity contribution in [2.75, 3.05) is 19.8 Å². The van der Waals surface area contributed by atoms with Gasteiger partial charge >= 0.3 is 5.97 Å². The molecule has 0 saturated carbocycles. The van der Waals surface area contributed by atoms with Gasteiger partial charge in [0, 0.05) is 12.8 Å². The van der Waals surface area contributed by atoms with E-state index in [1.54, 1.807) is 6.07 Å². The highest BCUT2D eigenvalue weighted by molar-refractivity contribution is 5.87. The van der Waals surface area contributed by atoms with Gasteiger partial charge in [-0.25, -0.2) is 4.79 Å². The van der Waals surface area contributed by atoms with E-state index in [1.165, 1.54) is 12.3 Å². The van der Waals surface area contributed by atoms with Crippen molar-refractivity contribution in [1.29, 1.82) is 0 Å². The number of hydrogen-bond acceptors (Lipinski definition) is 4. The number of carbonyl (C=O) groups is 1. The Morgan fingerprint density at radius 2 is 2.06 bits per heavy atom. The molecule has 1 heterocycles. The molecule has 0 fully saturated rings. The zero-order chi connectivity index (χ0) is 13.2. The molecule has 0 aliphatic rings. The lowest BCUT2D eigenvalue weighted by Crippen LogP contribution is -2.06. The summed E-state index contributed by atoms with van der Waals surface area (Å²) < 4.78 is 10.7. The Balaban J connectivity index is 2.14. The molecule has 18 heavy (non-hydrogen) atoms. The van der Waals surface area contributed by atoms with Crippen LogP contribution in [0.25, 0.3) is 0 Å². The summed E-state index contributed by atoms with van der Waals surface area (Å²) in [5, 5.41) is 8.70. The Hall–Kier alpha value is -1.46. The van der Waals surface area contributed by atoms with Crippen LogP contribution >= 0.6 is 0 Å². The number of carboxylic acids is 1. The van der Waals surface area contributed by atoms with E-state index < -0.39 is 5.97 Å². The number of carboxylic acid groups (broad SMARTS) is 1.